The minimum atomic E-state index is 0.0587. The van der Waals surface area contributed by atoms with Crippen LogP contribution >= 0.6 is 0 Å². The van der Waals surface area contributed by atoms with Gasteiger partial charge in [0.1, 0.15) is 0 Å². The number of aryl methyl sites for hydroxylation is 1. The number of likely N-dealkylation sites (tertiary alicyclic amines) is 1. The second-order valence-electron chi connectivity index (χ2n) is 7.68. The Morgan fingerprint density at radius 2 is 2.05 bits per heavy atom. The lowest BCUT2D eigenvalue weighted by Crippen LogP contribution is -2.35. The number of rotatable bonds is 3. The molecule has 0 aliphatic carbocycles. The summed E-state index contributed by atoms with van der Waals surface area (Å²) in [5.74, 6) is 0.837. The van der Waals surface area contributed by atoms with Gasteiger partial charge in [-0.05, 0) is 38.3 Å². The Hall–Kier alpha value is -0.870. The van der Waals surface area contributed by atoms with Gasteiger partial charge in [-0.25, -0.2) is 0 Å². The van der Waals surface area contributed by atoms with E-state index < -0.39 is 0 Å². The predicted molar refractivity (Wildman–Crippen MR) is 88.3 cm³/mol. The van der Waals surface area contributed by atoms with Crippen LogP contribution in [0, 0.1) is 5.92 Å². The molecule has 0 aromatic carbocycles. The van der Waals surface area contributed by atoms with Crippen molar-refractivity contribution in [3.05, 3.63) is 17.5 Å². The Morgan fingerprint density at radius 1 is 1.33 bits per heavy atom. The average molecular weight is 292 g/mol. The molecule has 1 aliphatic heterocycles. The van der Waals surface area contributed by atoms with E-state index in [4.69, 9.17) is 10.8 Å². The zero-order valence-corrected chi connectivity index (χ0v) is 14.4. The maximum absolute atomic E-state index is 6.16. The van der Waals surface area contributed by atoms with Crippen molar-refractivity contribution in [3.8, 4) is 0 Å². The van der Waals surface area contributed by atoms with E-state index in [1.165, 1.54) is 30.5 Å². The highest BCUT2D eigenvalue weighted by atomic mass is 15.3. The molecule has 2 unspecified atom stereocenters. The standard InChI is InChI=1S/C17H32N4/c1-13-7-6-9-21(10-8-13)15(11-18)14-12-20(5)19-16(14)17(2,3)4/h12-13,15H,6-11,18H2,1-5H3. The number of nitrogens with zero attached hydrogens (tertiary/aromatic N) is 3. The zero-order chi connectivity index (χ0) is 15.6. The lowest BCUT2D eigenvalue weighted by molar-refractivity contribution is 0.205. The quantitative estimate of drug-likeness (QED) is 0.932. The molecule has 2 N–H and O–H groups in total. The van der Waals surface area contributed by atoms with Crippen LogP contribution in [0.15, 0.2) is 6.20 Å². The molecular weight excluding hydrogens is 260 g/mol. The highest BCUT2D eigenvalue weighted by molar-refractivity contribution is 5.28. The van der Waals surface area contributed by atoms with Gasteiger partial charge in [-0.2, -0.15) is 5.10 Å². The molecule has 4 nitrogen and oxygen atoms in total. The highest BCUT2D eigenvalue weighted by Gasteiger charge is 2.30. The Morgan fingerprint density at radius 3 is 2.67 bits per heavy atom. The first-order chi connectivity index (χ1) is 9.82. The van der Waals surface area contributed by atoms with E-state index in [-0.39, 0.29) is 5.41 Å². The van der Waals surface area contributed by atoms with Crippen molar-refractivity contribution in [2.24, 2.45) is 18.7 Å². The minimum Gasteiger partial charge on any atom is -0.329 e. The van der Waals surface area contributed by atoms with Gasteiger partial charge in [0.15, 0.2) is 0 Å². The van der Waals surface area contributed by atoms with E-state index in [1.54, 1.807) is 0 Å². The van der Waals surface area contributed by atoms with E-state index in [9.17, 15) is 0 Å². The largest absolute Gasteiger partial charge is 0.329 e. The van der Waals surface area contributed by atoms with Crippen LogP contribution in [-0.4, -0.2) is 34.3 Å². The second-order valence-corrected chi connectivity index (χ2v) is 7.68. The fourth-order valence-corrected chi connectivity index (χ4v) is 3.40. The van der Waals surface area contributed by atoms with Crippen molar-refractivity contribution in [2.45, 2.75) is 58.4 Å². The summed E-state index contributed by atoms with van der Waals surface area (Å²) < 4.78 is 1.94. The van der Waals surface area contributed by atoms with Gasteiger partial charge in [-0.1, -0.05) is 27.7 Å². The van der Waals surface area contributed by atoms with Crippen LogP contribution in [0.2, 0.25) is 0 Å². The van der Waals surface area contributed by atoms with Crippen LogP contribution in [0.5, 0.6) is 0 Å². The third-order valence-electron chi connectivity index (χ3n) is 4.64. The van der Waals surface area contributed by atoms with Gasteiger partial charge in [0.05, 0.1) is 11.7 Å². The molecule has 2 atom stereocenters. The molecule has 0 bridgehead atoms. The van der Waals surface area contributed by atoms with Gasteiger partial charge >= 0.3 is 0 Å². The van der Waals surface area contributed by atoms with Crippen LogP contribution < -0.4 is 5.73 Å². The van der Waals surface area contributed by atoms with Crippen molar-refractivity contribution in [2.75, 3.05) is 19.6 Å². The van der Waals surface area contributed by atoms with Crippen molar-refractivity contribution >= 4 is 0 Å². The third kappa shape index (κ3) is 3.86. The summed E-state index contributed by atoms with van der Waals surface area (Å²) in [6.45, 7) is 12.0. The molecule has 2 rings (SSSR count). The van der Waals surface area contributed by atoms with Crippen molar-refractivity contribution in [1.29, 1.82) is 0 Å². The van der Waals surface area contributed by atoms with Gasteiger partial charge in [0.2, 0.25) is 0 Å². The molecular formula is C17H32N4. The van der Waals surface area contributed by atoms with E-state index in [2.05, 4.69) is 38.8 Å². The maximum Gasteiger partial charge on any atom is 0.0726 e. The summed E-state index contributed by atoms with van der Waals surface area (Å²) in [6, 6.07) is 0.304. The van der Waals surface area contributed by atoms with Crippen LogP contribution in [0.4, 0.5) is 0 Å². The number of nitrogens with two attached hydrogens (primary N) is 1. The fourth-order valence-electron chi connectivity index (χ4n) is 3.40. The summed E-state index contributed by atoms with van der Waals surface area (Å²) in [5.41, 5.74) is 8.74. The monoisotopic (exact) mass is 292 g/mol. The molecule has 0 saturated carbocycles. The Labute approximate surface area is 129 Å². The predicted octanol–water partition coefficient (Wildman–Crippen LogP) is 2.84. The average Bonchev–Trinajstić information content (AvgIpc) is 2.65. The third-order valence-corrected chi connectivity index (χ3v) is 4.64. The van der Waals surface area contributed by atoms with Gasteiger partial charge in [-0.15, -0.1) is 0 Å². The first kappa shape index (κ1) is 16.5. The van der Waals surface area contributed by atoms with Crippen LogP contribution in [-0.2, 0) is 12.5 Å². The Bertz CT molecular complexity index is 458. The van der Waals surface area contributed by atoms with Gasteiger partial charge in [0.25, 0.3) is 0 Å². The molecule has 1 aliphatic rings. The topological polar surface area (TPSA) is 47.1 Å². The van der Waals surface area contributed by atoms with E-state index >= 15 is 0 Å². The van der Waals surface area contributed by atoms with Crippen molar-refractivity contribution in [3.63, 3.8) is 0 Å². The maximum atomic E-state index is 6.16. The van der Waals surface area contributed by atoms with Crippen LogP contribution in [0.1, 0.15) is 64.3 Å². The normalized spacial score (nSPS) is 23.0. The molecule has 1 saturated heterocycles. The summed E-state index contributed by atoms with van der Waals surface area (Å²) >= 11 is 0. The molecule has 4 heteroatoms. The molecule has 1 aromatic heterocycles. The molecule has 0 spiro atoms. The number of hydrogen-bond donors (Lipinski definition) is 1. The molecule has 0 radical (unpaired) electrons. The molecule has 0 amide bonds. The van der Waals surface area contributed by atoms with Gasteiger partial charge in [0, 0.05) is 30.8 Å². The molecule has 1 aromatic rings. The summed E-state index contributed by atoms with van der Waals surface area (Å²) in [6.07, 6.45) is 6.07. The SMILES string of the molecule is CC1CCCN(C(CN)c2cn(C)nc2C(C)(C)C)CC1. The van der Waals surface area contributed by atoms with Crippen molar-refractivity contribution in [1.82, 2.24) is 14.7 Å². The highest BCUT2D eigenvalue weighted by Crippen LogP contribution is 2.32. The molecule has 120 valence electrons. The number of hydrogen-bond acceptors (Lipinski definition) is 3. The van der Waals surface area contributed by atoms with Crippen LogP contribution in [0.3, 0.4) is 0 Å². The Balaban J connectivity index is 2.29. The van der Waals surface area contributed by atoms with Crippen molar-refractivity contribution < 1.29 is 0 Å². The van der Waals surface area contributed by atoms with Gasteiger partial charge < -0.3 is 5.73 Å². The van der Waals surface area contributed by atoms with E-state index in [0.29, 0.717) is 12.6 Å². The van der Waals surface area contributed by atoms with E-state index in [0.717, 1.165) is 19.0 Å². The number of aromatic nitrogens is 2. The second kappa shape index (κ2) is 6.49. The summed E-state index contributed by atoms with van der Waals surface area (Å²) in [7, 11) is 2.01. The smallest absolute Gasteiger partial charge is 0.0726 e. The first-order valence-electron chi connectivity index (χ1n) is 8.31. The Kier molecular flexibility index (Phi) is 5.10. The first-order valence-corrected chi connectivity index (χ1v) is 8.31. The minimum absolute atomic E-state index is 0.0587. The van der Waals surface area contributed by atoms with Crippen LogP contribution in [0.25, 0.3) is 0 Å². The lowest BCUT2D eigenvalue weighted by Gasteiger charge is -2.31. The van der Waals surface area contributed by atoms with E-state index in [1.807, 2.05) is 11.7 Å². The van der Waals surface area contributed by atoms with Gasteiger partial charge in [-0.3, -0.25) is 9.58 Å². The summed E-state index contributed by atoms with van der Waals surface area (Å²) in [4.78, 5) is 2.58. The molecule has 21 heavy (non-hydrogen) atoms. The summed E-state index contributed by atoms with van der Waals surface area (Å²) in [5, 5.41) is 4.72. The fraction of sp³-hybridized carbons (Fsp3) is 0.824. The molecule has 1 fully saturated rings. The molecule has 2 heterocycles. The zero-order valence-electron chi connectivity index (χ0n) is 14.4. The lowest BCUT2D eigenvalue weighted by atomic mass is 9.87.